The van der Waals surface area contributed by atoms with Crippen LogP contribution in [0, 0.1) is 11.2 Å². The van der Waals surface area contributed by atoms with E-state index in [0.29, 0.717) is 32.4 Å². The van der Waals surface area contributed by atoms with E-state index in [9.17, 15) is 19.1 Å². The normalized spacial score (nSPS) is 22.7. The second-order valence-corrected chi connectivity index (χ2v) is 9.93. The Morgan fingerprint density at radius 1 is 1.15 bits per heavy atom. The number of nitrogens with one attached hydrogen (secondary N) is 1. The molecule has 6 nitrogen and oxygen atoms in total. The first-order chi connectivity index (χ1) is 16.3. The number of ether oxygens (including phenoxy) is 1. The molecule has 0 unspecified atom stereocenters. The van der Waals surface area contributed by atoms with Crippen LogP contribution >= 0.6 is 0 Å². The summed E-state index contributed by atoms with van der Waals surface area (Å²) in [6, 6.07) is 13.8. The summed E-state index contributed by atoms with van der Waals surface area (Å²) in [5, 5.41) is 12.9. The largest absolute Gasteiger partial charge is 0.395 e. The zero-order valence-electron chi connectivity index (χ0n) is 19.8. The fourth-order valence-corrected chi connectivity index (χ4v) is 4.83. The zero-order valence-corrected chi connectivity index (χ0v) is 19.8. The molecule has 0 spiro atoms. The standard InChI is InChI=1S/C27H33FN2O4/c1-27(2,17-31)26(33)30-12-11-22(29-25(32)24-10-5-13-34-24)23(30)15-18-6-3-7-19(14-18)20-8-4-9-21(28)16-20/h3-4,6-9,14,16,22-24,31H,5,10-13,15,17H2,1-2H3,(H,29,32)/t22-,23-,24-/m0/s1. The maximum Gasteiger partial charge on any atom is 0.249 e. The molecule has 2 N–H and O–H groups in total. The van der Waals surface area contributed by atoms with E-state index in [1.54, 1.807) is 24.8 Å². The van der Waals surface area contributed by atoms with Crippen LogP contribution in [0.15, 0.2) is 48.5 Å². The summed E-state index contributed by atoms with van der Waals surface area (Å²) < 4.78 is 19.3. The van der Waals surface area contributed by atoms with Crippen molar-refractivity contribution in [1.29, 1.82) is 0 Å². The molecular formula is C27H33FN2O4. The summed E-state index contributed by atoms with van der Waals surface area (Å²) in [7, 11) is 0. The van der Waals surface area contributed by atoms with Crippen LogP contribution < -0.4 is 5.32 Å². The third-order valence-corrected chi connectivity index (χ3v) is 6.86. The van der Waals surface area contributed by atoms with Crippen molar-refractivity contribution in [2.45, 2.75) is 57.7 Å². The van der Waals surface area contributed by atoms with Crippen LogP contribution in [-0.4, -0.2) is 59.8 Å². The maximum atomic E-state index is 13.8. The number of hydrogen-bond acceptors (Lipinski definition) is 4. The lowest BCUT2D eigenvalue weighted by Gasteiger charge is -2.34. The lowest BCUT2D eigenvalue weighted by atomic mass is 9.91. The average molecular weight is 469 g/mol. The molecule has 2 aromatic rings. The quantitative estimate of drug-likeness (QED) is 0.654. The molecule has 0 bridgehead atoms. The molecule has 4 rings (SSSR count). The van der Waals surface area contributed by atoms with Gasteiger partial charge in [-0.2, -0.15) is 0 Å². The van der Waals surface area contributed by atoms with Crippen molar-refractivity contribution in [2.75, 3.05) is 19.8 Å². The SMILES string of the molecule is CC(C)(CO)C(=O)N1CC[C@H](NC(=O)[C@@H]2CCCO2)[C@@H]1Cc1cccc(-c2cccc(F)c2)c1. The van der Waals surface area contributed by atoms with Gasteiger partial charge in [0.25, 0.3) is 0 Å². The number of aliphatic hydroxyl groups is 1. The highest BCUT2D eigenvalue weighted by molar-refractivity contribution is 5.84. The van der Waals surface area contributed by atoms with Crippen LogP contribution in [0.5, 0.6) is 0 Å². The second-order valence-electron chi connectivity index (χ2n) is 9.93. The Hall–Kier alpha value is -2.77. The number of carbonyl (C=O) groups is 2. The second kappa shape index (κ2) is 10.2. The van der Waals surface area contributed by atoms with Crippen LogP contribution in [-0.2, 0) is 20.7 Å². The number of hydrogen-bond donors (Lipinski definition) is 2. The molecule has 2 saturated heterocycles. The average Bonchev–Trinajstić information content (AvgIpc) is 3.50. The molecule has 2 amide bonds. The predicted molar refractivity (Wildman–Crippen MR) is 127 cm³/mol. The van der Waals surface area contributed by atoms with Gasteiger partial charge in [0, 0.05) is 13.2 Å². The van der Waals surface area contributed by atoms with E-state index in [4.69, 9.17) is 4.74 Å². The first kappa shape index (κ1) is 24.4. The number of halogens is 1. The van der Waals surface area contributed by atoms with E-state index in [2.05, 4.69) is 5.32 Å². The van der Waals surface area contributed by atoms with Gasteiger partial charge in [-0.1, -0.05) is 36.4 Å². The predicted octanol–water partition coefficient (Wildman–Crippen LogP) is 3.32. The number of amides is 2. The molecule has 7 heteroatoms. The Balaban J connectivity index is 1.58. The van der Waals surface area contributed by atoms with Gasteiger partial charge in [0.05, 0.1) is 24.1 Å². The molecule has 3 atom stereocenters. The number of benzene rings is 2. The third kappa shape index (κ3) is 5.31. The van der Waals surface area contributed by atoms with Crippen molar-refractivity contribution < 1.29 is 23.8 Å². The summed E-state index contributed by atoms with van der Waals surface area (Å²) in [6.07, 6.45) is 2.32. The van der Waals surface area contributed by atoms with Gasteiger partial charge in [0.1, 0.15) is 11.9 Å². The maximum absolute atomic E-state index is 13.8. The Bertz CT molecular complexity index is 1030. The number of aliphatic hydroxyl groups excluding tert-OH is 1. The summed E-state index contributed by atoms with van der Waals surface area (Å²) in [4.78, 5) is 27.9. The van der Waals surface area contributed by atoms with Crippen molar-refractivity contribution in [1.82, 2.24) is 10.2 Å². The number of likely N-dealkylation sites (tertiary alicyclic amines) is 1. The molecule has 2 aliphatic heterocycles. The summed E-state index contributed by atoms with van der Waals surface area (Å²) in [5.41, 5.74) is 1.76. The van der Waals surface area contributed by atoms with Gasteiger partial charge in [-0.3, -0.25) is 9.59 Å². The molecule has 2 aliphatic rings. The molecule has 34 heavy (non-hydrogen) atoms. The minimum Gasteiger partial charge on any atom is -0.395 e. The molecule has 182 valence electrons. The lowest BCUT2D eigenvalue weighted by molar-refractivity contribution is -0.144. The molecule has 2 aromatic carbocycles. The Labute approximate surface area is 200 Å². The minimum atomic E-state index is -0.908. The molecule has 2 fully saturated rings. The van der Waals surface area contributed by atoms with Crippen molar-refractivity contribution in [3.8, 4) is 11.1 Å². The highest BCUT2D eigenvalue weighted by Gasteiger charge is 2.43. The molecule has 0 aromatic heterocycles. The molecular weight excluding hydrogens is 435 g/mol. The topological polar surface area (TPSA) is 78.9 Å². The molecule has 0 aliphatic carbocycles. The Morgan fingerprint density at radius 3 is 2.56 bits per heavy atom. The van der Waals surface area contributed by atoms with Gasteiger partial charge in [-0.05, 0) is 68.4 Å². The van der Waals surface area contributed by atoms with Crippen molar-refractivity contribution in [3.63, 3.8) is 0 Å². The highest BCUT2D eigenvalue weighted by Crippen LogP contribution is 2.30. The summed E-state index contributed by atoms with van der Waals surface area (Å²) in [5.74, 6) is -0.550. The van der Waals surface area contributed by atoms with E-state index < -0.39 is 11.5 Å². The number of nitrogens with zero attached hydrogens (tertiary/aromatic N) is 1. The number of carbonyl (C=O) groups excluding carboxylic acids is 2. The van der Waals surface area contributed by atoms with Gasteiger partial charge in [-0.15, -0.1) is 0 Å². The van der Waals surface area contributed by atoms with Crippen molar-refractivity contribution in [2.24, 2.45) is 5.41 Å². The molecule has 2 heterocycles. The van der Waals surface area contributed by atoms with E-state index >= 15 is 0 Å². The van der Waals surface area contributed by atoms with Gasteiger partial charge < -0.3 is 20.1 Å². The van der Waals surface area contributed by atoms with E-state index in [0.717, 1.165) is 23.1 Å². The van der Waals surface area contributed by atoms with E-state index in [1.165, 1.54) is 12.1 Å². The van der Waals surface area contributed by atoms with Crippen LogP contribution in [0.4, 0.5) is 4.39 Å². The zero-order chi connectivity index (χ0) is 24.3. The Kier molecular flexibility index (Phi) is 7.33. The van der Waals surface area contributed by atoms with Crippen molar-refractivity contribution >= 4 is 11.8 Å². The first-order valence-corrected chi connectivity index (χ1v) is 12.0. The lowest BCUT2D eigenvalue weighted by Crippen LogP contribution is -2.52. The highest BCUT2D eigenvalue weighted by atomic mass is 19.1. The first-order valence-electron chi connectivity index (χ1n) is 12.0. The van der Waals surface area contributed by atoms with Gasteiger partial charge in [0.15, 0.2) is 0 Å². The Morgan fingerprint density at radius 2 is 1.88 bits per heavy atom. The van der Waals surface area contributed by atoms with Crippen LogP contribution in [0.3, 0.4) is 0 Å². The molecule has 0 radical (unpaired) electrons. The molecule has 0 saturated carbocycles. The smallest absolute Gasteiger partial charge is 0.249 e. The van der Waals surface area contributed by atoms with Crippen molar-refractivity contribution in [3.05, 3.63) is 59.9 Å². The van der Waals surface area contributed by atoms with Crippen LogP contribution in [0.1, 0.15) is 38.7 Å². The third-order valence-electron chi connectivity index (χ3n) is 6.86. The summed E-state index contributed by atoms with van der Waals surface area (Å²) in [6.45, 7) is 4.31. The number of rotatable bonds is 7. The fraction of sp³-hybridized carbons (Fsp3) is 0.481. The van der Waals surface area contributed by atoms with E-state index in [-0.39, 0.29) is 36.3 Å². The van der Waals surface area contributed by atoms with Crippen LogP contribution in [0.25, 0.3) is 11.1 Å². The minimum absolute atomic E-state index is 0.128. The fourth-order valence-electron chi connectivity index (χ4n) is 4.83. The van der Waals surface area contributed by atoms with Gasteiger partial charge >= 0.3 is 0 Å². The van der Waals surface area contributed by atoms with E-state index in [1.807, 2.05) is 30.3 Å². The van der Waals surface area contributed by atoms with Gasteiger partial charge in [-0.25, -0.2) is 4.39 Å². The monoisotopic (exact) mass is 468 g/mol. The summed E-state index contributed by atoms with van der Waals surface area (Å²) >= 11 is 0. The van der Waals surface area contributed by atoms with Gasteiger partial charge in [0.2, 0.25) is 11.8 Å². The van der Waals surface area contributed by atoms with Crippen LogP contribution in [0.2, 0.25) is 0 Å².